The van der Waals surface area contributed by atoms with E-state index in [1.165, 1.54) is 33.3 Å². The molecule has 2 atom stereocenters. The zero-order valence-corrected chi connectivity index (χ0v) is 28.2. The highest BCUT2D eigenvalue weighted by atomic mass is 35.5. The number of methoxy groups -OCH3 is 2. The van der Waals surface area contributed by atoms with Crippen molar-refractivity contribution in [2.45, 2.75) is 42.7 Å². The van der Waals surface area contributed by atoms with Crippen molar-refractivity contribution in [1.29, 1.82) is 0 Å². The number of anilines is 2. The van der Waals surface area contributed by atoms with Crippen LogP contribution in [0, 0.1) is 5.82 Å². The summed E-state index contributed by atoms with van der Waals surface area (Å²) in [6.45, 7) is 3.15. The average molecular weight is 688 g/mol. The molecule has 1 saturated heterocycles. The standard InChI is InChI=1S/C33H39ClFN5O4S2/c1-43-27-11-10-25(31(17-27)44-2)22-40(33-38-15-16-45-33)46(41,42)32-18-28(34)30(19-29(32)35)39-20-24(23-7-4-3-5-8-23)12-14-36-21-26-9-6-13-37-26/h3-5,7-8,10-11,15-19,24,26,36-37,39H,6,9,12-14,20-22H2,1-2H3/t24?,26-/m0/s1. The lowest BCUT2D eigenvalue weighted by Crippen LogP contribution is -2.35. The predicted octanol–water partition coefficient (Wildman–Crippen LogP) is 6.28. The Hall–Kier alpha value is -3.42. The molecule has 0 amide bonds. The van der Waals surface area contributed by atoms with Gasteiger partial charge in [0.25, 0.3) is 10.0 Å². The van der Waals surface area contributed by atoms with Gasteiger partial charge < -0.3 is 25.4 Å². The van der Waals surface area contributed by atoms with Crippen molar-refractivity contribution in [1.82, 2.24) is 15.6 Å². The quantitative estimate of drug-likeness (QED) is 0.118. The molecule has 2 heterocycles. The van der Waals surface area contributed by atoms with Crippen LogP contribution in [0.15, 0.2) is 77.1 Å². The summed E-state index contributed by atoms with van der Waals surface area (Å²) in [5, 5.41) is 12.3. The molecule has 0 bridgehead atoms. The van der Waals surface area contributed by atoms with E-state index >= 15 is 4.39 Å². The van der Waals surface area contributed by atoms with E-state index in [1.807, 2.05) is 18.2 Å². The molecule has 3 N–H and O–H groups in total. The van der Waals surface area contributed by atoms with Gasteiger partial charge in [-0.15, -0.1) is 11.3 Å². The lowest BCUT2D eigenvalue weighted by molar-refractivity contribution is 0.391. The number of rotatable bonds is 16. The number of thiazole rings is 1. The molecule has 246 valence electrons. The molecule has 0 aliphatic carbocycles. The minimum absolute atomic E-state index is 0.0957. The van der Waals surface area contributed by atoms with Crippen LogP contribution in [0.2, 0.25) is 5.02 Å². The highest BCUT2D eigenvalue weighted by molar-refractivity contribution is 7.93. The fourth-order valence-electron chi connectivity index (χ4n) is 5.54. The molecule has 9 nitrogen and oxygen atoms in total. The van der Waals surface area contributed by atoms with Crippen LogP contribution in [0.3, 0.4) is 0 Å². The first-order valence-electron chi connectivity index (χ1n) is 15.1. The third-order valence-corrected chi connectivity index (χ3v) is 11.0. The van der Waals surface area contributed by atoms with Gasteiger partial charge in [0, 0.05) is 48.3 Å². The second-order valence-electron chi connectivity index (χ2n) is 11.0. The van der Waals surface area contributed by atoms with Crippen molar-refractivity contribution in [2.24, 2.45) is 0 Å². The van der Waals surface area contributed by atoms with E-state index in [9.17, 15) is 8.42 Å². The van der Waals surface area contributed by atoms with Crippen LogP contribution < -0.4 is 29.7 Å². The molecular weight excluding hydrogens is 649 g/mol. The summed E-state index contributed by atoms with van der Waals surface area (Å²) in [6.07, 6.45) is 4.74. The second kappa shape index (κ2) is 15.9. The summed E-state index contributed by atoms with van der Waals surface area (Å²) in [4.78, 5) is 3.67. The second-order valence-corrected chi connectivity index (χ2v) is 14.2. The Bertz CT molecular complexity index is 1670. The van der Waals surface area contributed by atoms with Gasteiger partial charge in [0.05, 0.1) is 31.5 Å². The smallest absolute Gasteiger partial charge is 0.269 e. The van der Waals surface area contributed by atoms with Crippen LogP contribution in [0.25, 0.3) is 0 Å². The summed E-state index contributed by atoms with van der Waals surface area (Å²) >= 11 is 7.75. The summed E-state index contributed by atoms with van der Waals surface area (Å²) in [7, 11) is -1.42. The van der Waals surface area contributed by atoms with Gasteiger partial charge in [0.15, 0.2) is 5.13 Å². The minimum Gasteiger partial charge on any atom is -0.497 e. The molecule has 1 fully saturated rings. The molecule has 0 spiro atoms. The van der Waals surface area contributed by atoms with Crippen LogP contribution in [0.4, 0.5) is 15.2 Å². The van der Waals surface area contributed by atoms with Crippen LogP contribution in [-0.2, 0) is 16.6 Å². The maximum absolute atomic E-state index is 15.8. The highest BCUT2D eigenvalue weighted by Crippen LogP contribution is 2.35. The molecule has 5 rings (SSSR count). The average Bonchev–Trinajstić information content (AvgIpc) is 3.80. The van der Waals surface area contributed by atoms with Gasteiger partial charge in [0.2, 0.25) is 0 Å². The number of sulfonamides is 1. The van der Waals surface area contributed by atoms with Gasteiger partial charge in [0.1, 0.15) is 22.2 Å². The molecule has 1 aromatic heterocycles. The predicted molar refractivity (Wildman–Crippen MR) is 183 cm³/mol. The maximum Gasteiger partial charge on any atom is 0.269 e. The summed E-state index contributed by atoms with van der Waals surface area (Å²) in [6, 6.07) is 18.0. The van der Waals surface area contributed by atoms with Gasteiger partial charge in [-0.25, -0.2) is 22.1 Å². The zero-order chi connectivity index (χ0) is 32.5. The molecule has 4 aromatic rings. The fourth-order valence-corrected chi connectivity index (χ4v) is 8.18. The first-order valence-corrected chi connectivity index (χ1v) is 17.8. The number of nitrogens with zero attached hydrogens (tertiary/aromatic N) is 2. The normalized spacial score (nSPS) is 15.4. The number of hydrogen-bond donors (Lipinski definition) is 3. The van der Waals surface area contributed by atoms with E-state index in [0.29, 0.717) is 35.3 Å². The lowest BCUT2D eigenvalue weighted by atomic mass is 9.95. The highest BCUT2D eigenvalue weighted by Gasteiger charge is 2.32. The molecule has 1 unspecified atom stereocenters. The molecule has 1 aliphatic rings. The number of ether oxygens (including phenoxy) is 2. The number of nitrogens with one attached hydrogen (secondary N) is 3. The molecular formula is C33H39ClFN5O4S2. The molecule has 13 heteroatoms. The summed E-state index contributed by atoms with van der Waals surface area (Å²) < 4.78 is 55.7. The van der Waals surface area contributed by atoms with Crippen LogP contribution in [0.5, 0.6) is 11.5 Å². The van der Waals surface area contributed by atoms with E-state index < -0.39 is 20.7 Å². The molecule has 46 heavy (non-hydrogen) atoms. The van der Waals surface area contributed by atoms with Crippen LogP contribution in [-0.4, -0.2) is 59.8 Å². The van der Waals surface area contributed by atoms with E-state index in [-0.39, 0.29) is 22.6 Å². The fraction of sp³-hybridized carbons (Fsp3) is 0.364. The van der Waals surface area contributed by atoms with Gasteiger partial charge in [-0.3, -0.25) is 0 Å². The van der Waals surface area contributed by atoms with Gasteiger partial charge >= 0.3 is 0 Å². The van der Waals surface area contributed by atoms with Crippen LogP contribution >= 0.6 is 22.9 Å². The summed E-state index contributed by atoms with van der Waals surface area (Å²) in [5.41, 5.74) is 2.02. The first kappa shape index (κ1) is 33.9. The third-order valence-electron chi connectivity index (χ3n) is 8.06. The number of hydrogen-bond acceptors (Lipinski definition) is 9. The van der Waals surface area contributed by atoms with Gasteiger partial charge in [-0.1, -0.05) is 41.9 Å². The van der Waals surface area contributed by atoms with E-state index in [4.69, 9.17) is 21.1 Å². The third kappa shape index (κ3) is 8.29. The monoisotopic (exact) mass is 687 g/mol. The van der Waals surface area contributed by atoms with Crippen molar-refractivity contribution >= 4 is 43.8 Å². The topological polar surface area (TPSA) is 105 Å². The Labute approximate surface area is 279 Å². The molecule has 0 radical (unpaired) electrons. The zero-order valence-electron chi connectivity index (χ0n) is 25.8. The number of aromatic nitrogens is 1. The lowest BCUT2D eigenvalue weighted by Gasteiger charge is -2.24. The SMILES string of the molecule is COc1ccc(CN(c2nccs2)S(=O)(=O)c2cc(Cl)c(NCC(CCNC[C@@H]3CCCN3)c3ccccc3)cc2F)c(OC)c1. The Morgan fingerprint density at radius 1 is 1.15 bits per heavy atom. The Morgan fingerprint density at radius 2 is 1.98 bits per heavy atom. The molecule has 1 aliphatic heterocycles. The Kier molecular flexibility index (Phi) is 11.7. The Morgan fingerprint density at radius 3 is 2.67 bits per heavy atom. The van der Waals surface area contributed by atoms with Gasteiger partial charge in [-0.2, -0.15) is 0 Å². The van der Waals surface area contributed by atoms with E-state index in [2.05, 4.69) is 33.1 Å². The van der Waals surface area contributed by atoms with Gasteiger partial charge in [-0.05, 0) is 62.2 Å². The van der Waals surface area contributed by atoms with E-state index in [1.54, 1.807) is 23.6 Å². The van der Waals surface area contributed by atoms with Crippen LogP contribution in [0.1, 0.15) is 36.3 Å². The molecule has 0 saturated carbocycles. The van der Waals surface area contributed by atoms with Crippen molar-refractivity contribution in [3.63, 3.8) is 0 Å². The van der Waals surface area contributed by atoms with Crippen molar-refractivity contribution in [2.75, 3.05) is 50.0 Å². The molecule has 3 aromatic carbocycles. The van der Waals surface area contributed by atoms with Crippen molar-refractivity contribution in [3.8, 4) is 11.5 Å². The van der Waals surface area contributed by atoms with E-state index in [0.717, 1.165) is 59.4 Å². The summed E-state index contributed by atoms with van der Waals surface area (Å²) in [5.74, 6) is 0.176. The largest absolute Gasteiger partial charge is 0.497 e. The Balaban J connectivity index is 1.34. The number of benzene rings is 3. The maximum atomic E-state index is 15.8. The minimum atomic E-state index is -4.44. The first-order chi connectivity index (χ1) is 22.3. The van der Waals surface area contributed by atoms with Crippen molar-refractivity contribution in [3.05, 3.63) is 94.2 Å². The van der Waals surface area contributed by atoms with Crippen molar-refractivity contribution < 1.29 is 22.3 Å². The number of halogens is 2.